The molecule has 0 radical (unpaired) electrons. The molecule has 1 atom stereocenters. The van der Waals surface area contributed by atoms with E-state index < -0.39 is 0 Å². The van der Waals surface area contributed by atoms with E-state index in [1.807, 2.05) is 48.5 Å². The number of hydrogen-bond acceptors (Lipinski definition) is 4. The van der Waals surface area contributed by atoms with Gasteiger partial charge in [-0.2, -0.15) is 0 Å². The molecule has 0 amide bonds. The summed E-state index contributed by atoms with van der Waals surface area (Å²) in [5.74, 6) is 0.283. The van der Waals surface area contributed by atoms with Crippen LogP contribution in [0.1, 0.15) is 40.8 Å². The van der Waals surface area contributed by atoms with Crippen molar-refractivity contribution in [2.45, 2.75) is 32.4 Å². The van der Waals surface area contributed by atoms with Crippen LogP contribution in [0.3, 0.4) is 0 Å². The molecule has 198 valence electrons. The Labute approximate surface area is 229 Å². The van der Waals surface area contributed by atoms with E-state index in [0.29, 0.717) is 13.2 Å². The predicted molar refractivity (Wildman–Crippen MR) is 153 cm³/mol. The van der Waals surface area contributed by atoms with E-state index in [4.69, 9.17) is 9.47 Å². The van der Waals surface area contributed by atoms with Crippen molar-refractivity contribution < 1.29 is 18.7 Å². The fourth-order valence-corrected chi connectivity index (χ4v) is 5.02. The highest BCUT2D eigenvalue weighted by molar-refractivity contribution is 5.87. The van der Waals surface area contributed by atoms with Crippen LogP contribution in [0.5, 0.6) is 5.75 Å². The Balaban J connectivity index is 1.38. The summed E-state index contributed by atoms with van der Waals surface area (Å²) in [5, 5.41) is 0. The Morgan fingerprint density at radius 2 is 1.72 bits per heavy atom. The maximum atomic E-state index is 13.7. The van der Waals surface area contributed by atoms with Crippen molar-refractivity contribution >= 4 is 17.7 Å². The van der Waals surface area contributed by atoms with Gasteiger partial charge in [-0.05, 0) is 90.1 Å². The highest BCUT2D eigenvalue weighted by Crippen LogP contribution is 2.37. The molecular formula is C34H32FNO3. The number of anilines is 1. The monoisotopic (exact) mass is 521 g/mol. The molecule has 0 spiro atoms. The van der Waals surface area contributed by atoms with Gasteiger partial charge in [0.15, 0.2) is 0 Å². The van der Waals surface area contributed by atoms with E-state index in [-0.39, 0.29) is 17.8 Å². The van der Waals surface area contributed by atoms with Gasteiger partial charge in [-0.15, -0.1) is 0 Å². The first kappa shape index (κ1) is 26.2. The minimum absolute atomic E-state index is 0.0864. The number of halogens is 1. The van der Waals surface area contributed by atoms with Gasteiger partial charge in [-0.25, -0.2) is 9.18 Å². The number of carbonyl (C=O) groups is 1. The van der Waals surface area contributed by atoms with Crippen molar-refractivity contribution in [2.75, 3.05) is 18.1 Å². The first-order valence-electron chi connectivity index (χ1n) is 13.3. The molecule has 0 saturated carbocycles. The van der Waals surface area contributed by atoms with Gasteiger partial charge in [0.2, 0.25) is 0 Å². The standard InChI is InChI=1S/C34H32FNO3/c1-2-38-34(37)19-12-25-8-10-26(11-9-25)22-33-32-18-17-31(39-24-27-6-4-3-5-7-27)23-28(32)20-21-36(33)30-15-13-29(35)14-16-30/h3-19,23,33H,2,20-22,24H2,1H3/b19-12+. The summed E-state index contributed by atoms with van der Waals surface area (Å²) in [5.41, 5.74) is 6.78. The Morgan fingerprint density at radius 1 is 0.949 bits per heavy atom. The lowest BCUT2D eigenvalue weighted by Crippen LogP contribution is -2.36. The smallest absolute Gasteiger partial charge is 0.330 e. The van der Waals surface area contributed by atoms with Crippen LogP contribution in [-0.2, 0) is 29.0 Å². The number of hydrogen-bond donors (Lipinski definition) is 0. The topological polar surface area (TPSA) is 38.8 Å². The SMILES string of the molecule is CCOC(=O)/C=C/c1ccc(CC2c3ccc(OCc4ccccc4)cc3CCN2c2ccc(F)cc2)cc1. The Hall–Kier alpha value is -4.38. The lowest BCUT2D eigenvalue weighted by atomic mass is 9.88. The van der Waals surface area contributed by atoms with Gasteiger partial charge in [-0.1, -0.05) is 60.7 Å². The van der Waals surface area contributed by atoms with Crippen molar-refractivity contribution in [2.24, 2.45) is 0 Å². The van der Waals surface area contributed by atoms with E-state index in [2.05, 4.69) is 41.3 Å². The summed E-state index contributed by atoms with van der Waals surface area (Å²) in [6, 6.07) is 31.6. The zero-order valence-corrected chi connectivity index (χ0v) is 22.1. The Morgan fingerprint density at radius 3 is 2.46 bits per heavy atom. The average Bonchev–Trinajstić information content (AvgIpc) is 2.97. The normalized spacial score (nSPS) is 14.7. The van der Waals surface area contributed by atoms with Crippen molar-refractivity contribution in [3.05, 3.63) is 137 Å². The maximum absolute atomic E-state index is 13.7. The third-order valence-corrected chi connectivity index (χ3v) is 6.99. The molecule has 1 heterocycles. The van der Waals surface area contributed by atoms with Crippen LogP contribution in [0.4, 0.5) is 10.1 Å². The molecule has 0 N–H and O–H groups in total. The fourth-order valence-electron chi connectivity index (χ4n) is 5.02. The van der Waals surface area contributed by atoms with Crippen LogP contribution in [0.25, 0.3) is 6.08 Å². The molecule has 0 bridgehead atoms. The molecule has 0 saturated heterocycles. The summed E-state index contributed by atoms with van der Waals surface area (Å²) in [6.07, 6.45) is 4.88. The van der Waals surface area contributed by atoms with Gasteiger partial charge in [0.1, 0.15) is 18.2 Å². The second-order valence-corrected chi connectivity index (χ2v) is 9.60. The summed E-state index contributed by atoms with van der Waals surface area (Å²) in [4.78, 5) is 14.0. The van der Waals surface area contributed by atoms with E-state index in [1.54, 1.807) is 13.0 Å². The first-order valence-corrected chi connectivity index (χ1v) is 13.3. The second kappa shape index (κ2) is 12.4. The second-order valence-electron chi connectivity index (χ2n) is 9.60. The lowest BCUT2D eigenvalue weighted by molar-refractivity contribution is -0.137. The summed E-state index contributed by atoms with van der Waals surface area (Å²) in [6.45, 7) is 3.50. The van der Waals surface area contributed by atoms with Gasteiger partial charge in [0.25, 0.3) is 0 Å². The molecule has 39 heavy (non-hydrogen) atoms. The summed E-state index contributed by atoms with van der Waals surface area (Å²) >= 11 is 0. The zero-order valence-electron chi connectivity index (χ0n) is 22.1. The third-order valence-electron chi connectivity index (χ3n) is 6.99. The first-order chi connectivity index (χ1) is 19.1. The van der Waals surface area contributed by atoms with Gasteiger partial charge in [-0.3, -0.25) is 0 Å². The van der Waals surface area contributed by atoms with Crippen LogP contribution in [0, 0.1) is 5.82 Å². The van der Waals surface area contributed by atoms with Gasteiger partial charge in [0.05, 0.1) is 12.6 Å². The van der Waals surface area contributed by atoms with Gasteiger partial charge < -0.3 is 14.4 Å². The van der Waals surface area contributed by atoms with Crippen LogP contribution >= 0.6 is 0 Å². The molecule has 5 rings (SSSR count). The molecule has 4 aromatic rings. The zero-order chi connectivity index (χ0) is 27.0. The molecule has 1 aliphatic rings. The highest BCUT2D eigenvalue weighted by Gasteiger charge is 2.28. The fraction of sp³-hybridized carbons (Fsp3) is 0.206. The van der Waals surface area contributed by atoms with Crippen molar-refractivity contribution in [3.8, 4) is 5.75 Å². The van der Waals surface area contributed by atoms with E-state index >= 15 is 0 Å². The minimum atomic E-state index is -0.345. The molecule has 5 heteroatoms. The Kier molecular flexibility index (Phi) is 8.37. The number of nitrogens with zero attached hydrogens (tertiary/aromatic N) is 1. The Bertz CT molecular complexity index is 1420. The molecule has 4 nitrogen and oxygen atoms in total. The molecule has 0 fully saturated rings. The number of benzene rings is 4. The number of carbonyl (C=O) groups excluding carboxylic acids is 1. The van der Waals surface area contributed by atoms with E-state index in [1.165, 1.54) is 34.9 Å². The molecule has 1 unspecified atom stereocenters. The third kappa shape index (κ3) is 6.74. The lowest BCUT2D eigenvalue weighted by Gasteiger charge is -2.39. The van der Waals surface area contributed by atoms with Crippen LogP contribution < -0.4 is 9.64 Å². The predicted octanol–water partition coefficient (Wildman–Crippen LogP) is 7.33. The number of fused-ring (bicyclic) bond motifs is 1. The molecule has 0 aromatic heterocycles. The summed E-state index contributed by atoms with van der Waals surface area (Å²) in [7, 11) is 0. The largest absolute Gasteiger partial charge is 0.489 e. The molecule has 4 aromatic carbocycles. The van der Waals surface area contributed by atoms with Gasteiger partial charge in [0, 0.05) is 18.3 Å². The summed E-state index contributed by atoms with van der Waals surface area (Å²) < 4.78 is 24.8. The molecule has 1 aliphatic heterocycles. The van der Waals surface area contributed by atoms with Crippen LogP contribution in [0.2, 0.25) is 0 Å². The molecule has 0 aliphatic carbocycles. The minimum Gasteiger partial charge on any atom is -0.489 e. The van der Waals surface area contributed by atoms with E-state index in [0.717, 1.165) is 42.0 Å². The van der Waals surface area contributed by atoms with Crippen molar-refractivity contribution in [1.82, 2.24) is 0 Å². The van der Waals surface area contributed by atoms with Gasteiger partial charge >= 0.3 is 5.97 Å². The number of esters is 1. The maximum Gasteiger partial charge on any atom is 0.330 e. The van der Waals surface area contributed by atoms with E-state index in [9.17, 15) is 9.18 Å². The van der Waals surface area contributed by atoms with Crippen molar-refractivity contribution in [1.29, 1.82) is 0 Å². The van der Waals surface area contributed by atoms with Crippen LogP contribution in [-0.4, -0.2) is 19.1 Å². The quantitative estimate of drug-likeness (QED) is 0.171. The average molecular weight is 522 g/mol. The van der Waals surface area contributed by atoms with Crippen LogP contribution in [0.15, 0.2) is 103 Å². The number of ether oxygens (including phenoxy) is 2. The highest BCUT2D eigenvalue weighted by atomic mass is 19.1. The molecular weight excluding hydrogens is 489 g/mol. The number of rotatable bonds is 9. The van der Waals surface area contributed by atoms with Crippen molar-refractivity contribution in [3.63, 3.8) is 0 Å².